The summed E-state index contributed by atoms with van der Waals surface area (Å²) in [5.41, 5.74) is -2.18. The highest BCUT2D eigenvalue weighted by molar-refractivity contribution is 4.98. The Morgan fingerprint density at radius 2 is 2.00 bits per heavy atom. The van der Waals surface area contributed by atoms with E-state index in [0.29, 0.717) is 0 Å². The zero-order valence-corrected chi connectivity index (χ0v) is 6.87. The summed E-state index contributed by atoms with van der Waals surface area (Å²) in [5, 5.41) is 46.3. The van der Waals surface area contributed by atoms with Crippen LogP contribution in [-0.2, 0) is 4.74 Å². The molecular weight excluding hydrogens is 180 g/mol. The maximum atomic E-state index is 9.65. The fraction of sp³-hybridized carbons (Fsp3) is 1.00. The molecule has 0 radical (unpaired) electrons. The van der Waals surface area contributed by atoms with E-state index in [2.05, 4.69) is 4.74 Å². The summed E-state index contributed by atoms with van der Waals surface area (Å²) >= 11 is 0. The van der Waals surface area contributed by atoms with Gasteiger partial charge in [-0.3, -0.25) is 0 Å². The predicted octanol–water partition coefficient (Wildman–Crippen LogP) is -2.83. The minimum atomic E-state index is -2.18. The van der Waals surface area contributed by atoms with Crippen molar-refractivity contribution >= 4 is 0 Å². The number of aliphatic hydroxyl groups is 5. The minimum Gasteiger partial charge on any atom is -0.394 e. The normalized spacial score (nSPS) is 53.2. The molecule has 1 fully saturated rings. The molecule has 0 amide bonds. The summed E-state index contributed by atoms with van der Waals surface area (Å²) in [4.78, 5) is 0. The third-order valence-electron chi connectivity index (χ3n) is 2.14. The molecule has 0 aliphatic carbocycles. The second kappa shape index (κ2) is 3.49. The van der Waals surface area contributed by atoms with E-state index in [1.165, 1.54) is 0 Å². The summed E-state index contributed by atoms with van der Waals surface area (Å²) in [7, 11) is 0. The van der Waals surface area contributed by atoms with E-state index in [1.807, 2.05) is 0 Å². The monoisotopic (exact) mass is 195 g/mol. The molecule has 0 aromatic carbocycles. The Balaban J connectivity index is 2.89. The van der Waals surface area contributed by atoms with Crippen LogP contribution in [0.3, 0.4) is 0 Å². The molecule has 0 bridgehead atoms. The topological polar surface area (TPSA) is 110 Å². The molecule has 0 aromatic heterocycles. The Labute approximate surface area is 76.4 Å². The summed E-state index contributed by atoms with van der Waals surface area (Å²) in [5.74, 6) is 0. The van der Waals surface area contributed by atoms with Crippen molar-refractivity contribution < 1.29 is 31.6 Å². The second-order valence-electron chi connectivity index (χ2n) is 3.13. The van der Waals surface area contributed by atoms with E-state index < -0.39 is 43.7 Å². The maximum absolute atomic E-state index is 9.65. The van der Waals surface area contributed by atoms with Crippen LogP contribution in [-0.4, -0.2) is 62.3 Å². The first-order valence-electron chi connectivity index (χ1n) is 4.50. The van der Waals surface area contributed by atoms with Crippen LogP contribution in [0.25, 0.3) is 0 Å². The van der Waals surface area contributed by atoms with E-state index in [0.717, 1.165) is 0 Å². The lowest BCUT2D eigenvalue weighted by Crippen LogP contribution is -2.65. The Hall–Kier alpha value is -0.240. The van der Waals surface area contributed by atoms with Gasteiger partial charge in [-0.05, 0) is 6.90 Å². The van der Waals surface area contributed by atoms with Crippen molar-refractivity contribution in [1.82, 2.24) is 0 Å². The molecular formula is C7H14O6. The summed E-state index contributed by atoms with van der Waals surface area (Å²) in [6.07, 6.45) is -6.30. The van der Waals surface area contributed by atoms with Gasteiger partial charge in [0.05, 0.1) is 6.61 Å². The molecule has 6 heteroatoms. The molecule has 1 rings (SSSR count). The highest BCUT2D eigenvalue weighted by Gasteiger charge is 2.51. The molecule has 1 heterocycles. The van der Waals surface area contributed by atoms with Crippen LogP contribution in [0.1, 0.15) is 8.27 Å². The Bertz CT molecular complexity index is 203. The Morgan fingerprint density at radius 1 is 1.38 bits per heavy atom. The van der Waals surface area contributed by atoms with Gasteiger partial charge < -0.3 is 30.3 Å². The summed E-state index contributed by atoms with van der Waals surface area (Å²) in [6.45, 7) is -1.32. The van der Waals surface area contributed by atoms with Gasteiger partial charge in [-0.1, -0.05) is 0 Å². The SMILES string of the molecule is [2H]C[C@]1(O)[C@H](O)[C@@H](CO)OC(O)[C@@H]1O. The third-order valence-corrected chi connectivity index (χ3v) is 2.14. The molecule has 78 valence electrons. The van der Waals surface area contributed by atoms with Gasteiger partial charge in [-0.15, -0.1) is 0 Å². The number of aliphatic hydroxyl groups excluding tert-OH is 4. The molecule has 1 aliphatic heterocycles. The van der Waals surface area contributed by atoms with E-state index in [9.17, 15) is 15.3 Å². The van der Waals surface area contributed by atoms with Gasteiger partial charge in [0.2, 0.25) is 0 Å². The van der Waals surface area contributed by atoms with E-state index >= 15 is 0 Å². The first-order valence-corrected chi connectivity index (χ1v) is 3.79. The molecule has 1 saturated heterocycles. The fourth-order valence-electron chi connectivity index (χ4n) is 1.21. The van der Waals surface area contributed by atoms with Gasteiger partial charge in [0, 0.05) is 1.37 Å². The van der Waals surface area contributed by atoms with Gasteiger partial charge in [-0.25, -0.2) is 0 Å². The predicted molar refractivity (Wildman–Crippen MR) is 40.6 cm³/mol. The molecule has 1 unspecified atom stereocenters. The fourth-order valence-corrected chi connectivity index (χ4v) is 1.21. The lowest BCUT2D eigenvalue weighted by molar-refractivity contribution is -0.316. The smallest absolute Gasteiger partial charge is 0.184 e. The van der Waals surface area contributed by atoms with Crippen molar-refractivity contribution in [2.45, 2.75) is 37.1 Å². The zero-order chi connectivity index (χ0) is 10.9. The number of ether oxygens (including phenoxy) is 1. The first kappa shape index (κ1) is 9.32. The first-order chi connectivity index (χ1) is 6.47. The van der Waals surface area contributed by atoms with Crippen molar-refractivity contribution in [3.05, 3.63) is 0 Å². The Morgan fingerprint density at radius 3 is 2.46 bits per heavy atom. The lowest BCUT2D eigenvalue weighted by atomic mass is 9.86. The van der Waals surface area contributed by atoms with Crippen molar-refractivity contribution in [2.24, 2.45) is 0 Å². The maximum Gasteiger partial charge on any atom is 0.184 e. The number of rotatable bonds is 1. The van der Waals surface area contributed by atoms with Crippen LogP contribution < -0.4 is 0 Å². The van der Waals surface area contributed by atoms with Crippen LogP contribution in [0, 0.1) is 0 Å². The Kier molecular flexibility index (Phi) is 2.50. The van der Waals surface area contributed by atoms with Crippen molar-refractivity contribution in [3.63, 3.8) is 0 Å². The molecule has 1 aliphatic rings. The van der Waals surface area contributed by atoms with E-state index in [-0.39, 0.29) is 0 Å². The van der Waals surface area contributed by atoms with Gasteiger partial charge in [0.15, 0.2) is 6.29 Å². The molecule has 6 nitrogen and oxygen atoms in total. The van der Waals surface area contributed by atoms with E-state index in [4.69, 9.17) is 11.6 Å². The lowest BCUT2D eigenvalue weighted by Gasteiger charge is -2.44. The van der Waals surface area contributed by atoms with Crippen LogP contribution >= 0.6 is 0 Å². The van der Waals surface area contributed by atoms with Crippen molar-refractivity contribution in [1.29, 1.82) is 0 Å². The van der Waals surface area contributed by atoms with Crippen LogP contribution in [0.5, 0.6) is 0 Å². The summed E-state index contributed by atoms with van der Waals surface area (Å²) in [6, 6.07) is 0. The van der Waals surface area contributed by atoms with Gasteiger partial charge >= 0.3 is 0 Å². The molecule has 0 spiro atoms. The molecule has 13 heavy (non-hydrogen) atoms. The average Bonchev–Trinajstić information content (AvgIpc) is 2.20. The number of hydrogen-bond donors (Lipinski definition) is 5. The molecule has 0 aromatic rings. The largest absolute Gasteiger partial charge is 0.394 e. The van der Waals surface area contributed by atoms with E-state index in [1.54, 1.807) is 0 Å². The molecule has 0 saturated carbocycles. The third kappa shape index (κ3) is 1.69. The second-order valence-corrected chi connectivity index (χ2v) is 3.13. The molecule has 5 N–H and O–H groups in total. The highest BCUT2D eigenvalue weighted by Crippen LogP contribution is 2.28. The van der Waals surface area contributed by atoms with Crippen LogP contribution in [0.4, 0.5) is 0 Å². The van der Waals surface area contributed by atoms with Crippen LogP contribution in [0.15, 0.2) is 0 Å². The van der Waals surface area contributed by atoms with Crippen molar-refractivity contribution in [2.75, 3.05) is 6.61 Å². The minimum absolute atomic E-state index is 0.618. The highest BCUT2D eigenvalue weighted by atomic mass is 16.6. The van der Waals surface area contributed by atoms with Gasteiger partial charge in [-0.2, -0.15) is 0 Å². The quantitative estimate of drug-likeness (QED) is 0.308. The van der Waals surface area contributed by atoms with Crippen molar-refractivity contribution in [3.8, 4) is 0 Å². The average molecular weight is 195 g/mol. The standard InChI is InChI=1S/C7H14O6/c1-7(12)4(9)3(2-8)13-6(11)5(7)10/h3-6,8-12H,2H2,1H3/t3-,4-,5+,6?,7+/m1/s1/i1D. The van der Waals surface area contributed by atoms with Crippen LogP contribution in [0.2, 0.25) is 0 Å². The van der Waals surface area contributed by atoms with Gasteiger partial charge in [0.1, 0.15) is 23.9 Å². The van der Waals surface area contributed by atoms with Gasteiger partial charge in [0.25, 0.3) is 0 Å². The number of hydrogen-bond acceptors (Lipinski definition) is 6. The summed E-state index contributed by atoms with van der Waals surface area (Å²) < 4.78 is 11.6. The molecule has 5 atom stereocenters. The zero-order valence-electron chi connectivity index (χ0n) is 7.87.